The standard InChI is InChI=1S/C13H19FN2O/c1-13(15,16-6-8-17-9-7-16)10-11-4-2-3-5-12(11)14/h2-5H,6-10,15H2,1H3. The first-order valence-corrected chi connectivity index (χ1v) is 5.95. The fourth-order valence-electron chi connectivity index (χ4n) is 2.21. The van der Waals surface area contributed by atoms with E-state index in [0.717, 1.165) is 13.1 Å². The van der Waals surface area contributed by atoms with Crippen LogP contribution >= 0.6 is 0 Å². The molecule has 2 N–H and O–H groups in total. The highest BCUT2D eigenvalue weighted by molar-refractivity contribution is 5.19. The van der Waals surface area contributed by atoms with Crippen LogP contribution < -0.4 is 5.73 Å². The molecule has 1 atom stereocenters. The van der Waals surface area contributed by atoms with E-state index in [1.54, 1.807) is 12.1 Å². The second kappa shape index (κ2) is 5.12. The lowest BCUT2D eigenvalue weighted by Gasteiger charge is -2.40. The molecule has 1 saturated heterocycles. The van der Waals surface area contributed by atoms with Gasteiger partial charge in [0.05, 0.1) is 18.9 Å². The zero-order valence-electron chi connectivity index (χ0n) is 10.2. The minimum absolute atomic E-state index is 0.183. The number of ether oxygens (including phenoxy) is 1. The Bertz CT molecular complexity index is 375. The normalized spacial score (nSPS) is 21.1. The van der Waals surface area contributed by atoms with Gasteiger partial charge in [-0.25, -0.2) is 4.39 Å². The Morgan fingerprint density at radius 3 is 2.65 bits per heavy atom. The SMILES string of the molecule is CC(N)(Cc1ccccc1F)N1CCOCC1. The highest BCUT2D eigenvalue weighted by atomic mass is 19.1. The highest BCUT2D eigenvalue weighted by Crippen LogP contribution is 2.18. The number of hydrogen-bond acceptors (Lipinski definition) is 3. The lowest BCUT2D eigenvalue weighted by molar-refractivity contribution is -0.0144. The van der Waals surface area contributed by atoms with E-state index >= 15 is 0 Å². The van der Waals surface area contributed by atoms with E-state index in [2.05, 4.69) is 4.90 Å². The van der Waals surface area contributed by atoms with Crippen LogP contribution in [0.5, 0.6) is 0 Å². The minimum Gasteiger partial charge on any atom is -0.379 e. The summed E-state index contributed by atoms with van der Waals surface area (Å²) in [4.78, 5) is 2.16. The maximum absolute atomic E-state index is 13.6. The number of rotatable bonds is 3. The van der Waals surface area contributed by atoms with Gasteiger partial charge >= 0.3 is 0 Å². The van der Waals surface area contributed by atoms with E-state index < -0.39 is 5.66 Å². The number of benzene rings is 1. The van der Waals surface area contributed by atoms with Crippen LogP contribution in [0, 0.1) is 5.82 Å². The van der Waals surface area contributed by atoms with Crippen molar-refractivity contribution in [3.8, 4) is 0 Å². The number of halogens is 1. The van der Waals surface area contributed by atoms with Gasteiger partial charge < -0.3 is 10.5 Å². The summed E-state index contributed by atoms with van der Waals surface area (Å²) in [7, 11) is 0. The van der Waals surface area contributed by atoms with Crippen molar-refractivity contribution in [2.75, 3.05) is 26.3 Å². The summed E-state index contributed by atoms with van der Waals surface area (Å²) in [6.45, 7) is 4.96. The quantitative estimate of drug-likeness (QED) is 0.864. The molecular formula is C13H19FN2O. The summed E-state index contributed by atoms with van der Waals surface area (Å²) < 4.78 is 18.9. The van der Waals surface area contributed by atoms with Crippen molar-refractivity contribution >= 4 is 0 Å². The van der Waals surface area contributed by atoms with Gasteiger partial charge in [-0.3, -0.25) is 4.90 Å². The Morgan fingerprint density at radius 2 is 2.00 bits per heavy atom. The van der Waals surface area contributed by atoms with E-state index in [1.807, 2.05) is 13.0 Å². The van der Waals surface area contributed by atoms with Crippen LogP contribution in [0.3, 0.4) is 0 Å². The smallest absolute Gasteiger partial charge is 0.126 e. The van der Waals surface area contributed by atoms with Crippen LogP contribution in [0.2, 0.25) is 0 Å². The second-order valence-corrected chi connectivity index (χ2v) is 4.72. The van der Waals surface area contributed by atoms with Gasteiger partial charge in [0.25, 0.3) is 0 Å². The molecule has 2 rings (SSSR count). The molecule has 0 aliphatic carbocycles. The maximum Gasteiger partial charge on any atom is 0.126 e. The van der Waals surface area contributed by atoms with Crippen LogP contribution in [0.15, 0.2) is 24.3 Å². The largest absolute Gasteiger partial charge is 0.379 e. The van der Waals surface area contributed by atoms with E-state index in [1.165, 1.54) is 6.07 Å². The molecule has 1 aromatic rings. The van der Waals surface area contributed by atoms with Gasteiger partial charge in [-0.2, -0.15) is 0 Å². The maximum atomic E-state index is 13.6. The van der Waals surface area contributed by atoms with Crippen molar-refractivity contribution in [1.82, 2.24) is 4.90 Å². The molecule has 17 heavy (non-hydrogen) atoms. The third-order valence-electron chi connectivity index (χ3n) is 3.24. The zero-order chi connectivity index (χ0) is 12.3. The van der Waals surface area contributed by atoms with Crippen LogP contribution in [0.25, 0.3) is 0 Å². The Morgan fingerprint density at radius 1 is 1.35 bits per heavy atom. The van der Waals surface area contributed by atoms with Gasteiger partial charge in [0.2, 0.25) is 0 Å². The fourth-order valence-corrected chi connectivity index (χ4v) is 2.21. The van der Waals surface area contributed by atoms with Crippen molar-refractivity contribution < 1.29 is 9.13 Å². The Balaban J connectivity index is 2.08. The number of morpholine rings is 1. The average molecular weight is 238 g/mol. The summed E-state index contributed by atoms with van der Waals surface area (Å²) in [5, 5.41) is 0. The van der Waals surface area contributed by atoms with Gasteiger partial charge in [0.15, 0.2) is 0 Å². The fraction of sp³-hybridized carbons (Fsp3) is 0.538. The van der Waals surface area contributed by atoms with Crippen molar-refractivity contribution in [2.45, 2.75) is 19.0 Å². The van der Waals surface area contributed by atoms with Crippen molar-refractivity contribution in [2.24, 2.45) is 5.73 Å². The Labute approximate surface area is 101 Å². The number of nitrogens with zero attached hydrogens (tertiary/aromatic N) is 1. The lowest BCUT2D eigenvalue weighted by Crippen LogP contribution is -2.58. The predicted molar refractivity (Wildman–Crippen MR) is 65.1 cm³/mol. The third-order valence-corrected chi connectivity index (χ3v) is 3.24. The molecule has 1 aliphatic rings. The topological polar surface area (TPSA) is 38.5 Å². The third kappa shape index (κ3) is 3.03. The molecule has 0 spiro atoms. The molecule has 1 aliphatic heterocycles. The van der Waals surface area contributed by atoms with E-state index in [4.69, 9.17) is 10.5 Å². The van der Waals surface area contributed by atoms with E-state index in [0.29, 0.717) is 25.2 Å². The Hall–Kier alpha value is -0.970. The van der Waals surface area contributed by atoms with Crippen molar-refractivity contribution in [3.63, 3.8) is 0 Å². The molecule has 1 aromatic carbocycles. The first kappa shape index (κ1) is 12.5. The zero-order valence-corrected chi connectivity index (χ0v) is 10.2. The molecule has 0 bridgehead atoms. The summed E-state index contributed by atoms with van der Waals surface area (Å²) in [6, 6.07) is 6.81. The molecule has 0 aromatic heterocycles. The van der Waals surface area contributed by atoms with Crippen LogP contribution in [-0.4, -0.2) is 36.9 Å². The first-order chi connectivity index (χ1) is 8.09. The van der Waals surface area contributed by atoms with E-state index in [-0.39, 0.29) is 5.82 Å². The monoisotopic (exact) mass is 238 g/mol. The van der Waals surface area contributed by atoms with E-state index in [9.17, 15) is 4.39 Å². The van der Waals surface area contributed by atoms with Crippen molar-refractivity contribution in [3.05, 3.63) is 35.6 Å². The second-order valence-electron chi connectivity index (χ2n) is 4.72. The minimum atomic E-state index is -0.522. The molecule has 1 unspecified atom stereocenters. The summed E-state index contributed by atoms with van der Waals surface area (Å²) >= 11 is 0. The molecular weight excluding hydrogens is 219 g/mol. The molecule has 94 valence electrons. The number of hydrogen-bond donors (Lipinski definition) is 1. The van der Waals surface area contributed by atoms with Crippen molar-refractivity contribution in [1.29, 1.82) is 0 Å². The van der Waals surface area contributed by atoms with Crippen LogP contribution in [0.1, 0.15) is 12.5 Å². The van der Waals surface area contributed by atoms with Gasteiger partial charge in [-0.15, -0.1) is 0 Å². The Kier molecular flexibility index (Phi) is 3.76. The van der Waals surface area contributed by atoms with Crippen LogP contribution in [-0.2, 0) is 11.2 Å². The first-order valence-electron chi connectivity index (χ1n) is 5.95. The molecule has 1 heterocycles. The lowest BCUT2D eigenvalue weighted by atomic mass is 9.99. The summed E-state index contributed by atoms with van der Waals surface area (Å²) in [5.41, 5.74) is 6.44. The molecule has 0 amide bonds. The van der Waals surface area contributed by atoms with Gasteiger partial charge in [-0.05, 0) is 18.6 Å². The summed E-state index contributed by atoms with van der Waals surface area (Å²) in [5.74, 6) is -0.183. The molecule has 4 heteroatoms. The van der Waals surface area contributed by atoms with Gasteiger partial charge in [0.1, 0.15) is 5.82 Å². The predicted octanol–water partition coefficient (Wildman–Crippen LogP) is 1.38. The molecule has 0 radical (unpaired) electrons. The summed E-state index contributed by atoms with van der Waals surface area (Å²) in [6.07, 6.45) is 0.514. The highest BCUT2D eigenvalue weighted by Gasteiger charge is 2.29. The number of nitrogens with two attached hydrogens (primary N) is 1. The average Bonchev–Trinajstić information content (AvgIpc) is 2.33. The molecule has 0 saturated carbocycles. The van der Waals surface area contributed by atoms with Gasteiger partial charge in [-0.1, -0.05) is 18.2 Å². The molecule has 3 nitrogen and oxygen atoms in total. The van der Waals surface area contributed by atoms with Crippen LogP contribution in [0.4, 0.5) is 4.39 Å². The van der Waals surface area contributed by atoms with Gasteiger partial charge in [0, 0.05) is 19.5 Å². The molecule has 1 fully saturated rings.